The van der Waals surface area contributed by atoms with E-state index in [9.17, 15) is 0 Å². The lowest BCUT2D eigenvalue weighted by atomic mass is 10.1. The molecule has 3 rings (SSSR count). The second kappa shape index (κ2) is 6.69. The molecule has 22 heavy (non-hydrogen) atoms. The monoisotopic (exact) mass is 293 g/mol. The lowest BCUT2D eigenvalue weighted by molar-refractivity contribution is 0.547. The quantitative estimate of drug-likeness (QED) is 0.631. The van der Waals surface area contributed by atoms with Gasteiger partial charge in [-0.15, -0.1) is 0 Å². The van der Waals surface area contributed by atoms with Crippen molar-refractivity contribution in [2.45, 2.75) is 26.7 Å². The minimum Gasteiger partial charge on any atom is -0.461 e. The molecule has 0 bridgehead atoms. The van der Waals surface area contributed by atoms with Gasteiger partial charge in [-0.25, -0.2) is 0 Å². The van der Waals surface area contributed by atoms with Gasteiger partial charge in [-0.05, 0) is 44.0 Å². The average molecular weight is 293 g/mol. The molecule has 0 N–H and O–H groups in total. The lowest BCUT2D eigenvalue weighted by Gasteiger charge is -2.20. The fourth-order valence-electron chi connectivity index (χ4n) is 2.90. The van der Waals surface area contributed by atoms with Crippen molar-refractivity contribution >= 4 is 16.7 Å². The van der Waals surface area contributed by atoms with Gasteiger partial charge in [0, 0.05) is 36.7 Å². The largest absolute Gasteiger partial charge is 0.461 e. The maximum absolute atomic E-state index is 6.04. The van der Waals surface area contributed by atoms with Crippen LogP contribution in [0.25, 0.3) is 11.0 Å². The maximum atomic E-state index is 6.04. The molecule has 1 aromatic heterocycles. The summed E-state index contributed by atoms with van der Waals surface area (Å²) in [5, 5.41) is 1.19. The first-order valence-electron chi connectivity index (χ1n) is 8.11. The van der Waals surface area contributed by atoms with Crippen molar-refractivity contribution in [2.24, 2.45) is 0 Å². The molecule has 0 aliphatic carbocycles. The third-order valence-corrected chi connectivity index (χ3v) is 4.19. The van der Waals surface area contributed by atoms with Crippen LogP contribution in [0.15, 0.2) is 59.0 Å². The van der Waals surface area contributed by atoms with Crippen molar-refractivity contribution in [1.29, 1.82) is 0 Å². The predicted molar refractivity (Wildman–Crippen MR) is 93.6 cm³/mol. The number of furan rings is 1. The highest BCUT2D eigenvalue weighted by Gasteiger charge is 2.08. The molecule has 1 heterocycles. The third-order valence-electron chi connectivity index (χ3n) is 4.19. The van der Waals surface area contributed by atoms with E-state index < -0.39 is 0 Å². The van der Waals surface area contributed by atoms with Crippen LogP contribution < -0.4 is 4.90 Å². The van der Waals surface area contributed by atoms with Gasteiger partial charge < -0.3 is 9.32 Å². The smallest absolute Gasteiger partial charge is 0.136 e. The maximum Gasteiger partial charge on any atom is 0.136 e. The van der Waals surface area contributed by atoms with Gasteiger partial charge in [0.25, 0.3) is 0 Å². The Morgan fingerprint density at radius 3 is 2.36 bits per heavy atom. The molecule has 0 radical (unpaired) electrons. The van der Waals surface area contributed by atoms with E-state index in [4.69, 9.17) is 4.42 Å². The fraction of sp³-hybridized carbons (Fsp3) is 0.300. The predicted octanol–water partition coefficient (Wildman–Crippen LogP) is 5.06. The summed E-state index contributed by atoms with van der Waals surface area (Å²) in [7, 11) is 0. The normalized spacial score (nSPS) is 11.0. The zero-order valence-electron chi connectivity index (χ0n) is 13.4. The molecule has 0 atom stereocenters. The van der Waals surface area contributed by atoms with E-state index in [2.05, 4.69) is 73.3 Å². The summed E-state index contributed by atoms with van der Waals surface area (Å²) in [5.74, 6) is 1.07. The van der Waals surface area contributed by atoms with Crippen LogP contribution in [-0.2, 0) is 12.8 Å². The van der Waals surface area contributed by atoms with Gasteiger partial charge >= 0.3 is 0 Å². The highest BCUT2D eigenvalue weighted by Crippen LogP contribution is 2.26. The molecule has 2 nitrogen and oxygen atoms in total. The second-order valence-electron chi connectivity index (χ2n) is 5.59. The molecule has 0 unspecified atom stereocenters. The third kappa shape index (κ3) is 3.16. The average Bonchev–Trinajstić information content (AvgIpc) is 2.97. The number of benzene rings is 2. The van der Waals surface area contributed by atoms with Gasteiger partial charge in [-0.1, -0.05) is 30.3 Å². The van der Waals surface area contributed by atoms with Gasteiger partial charge in [0.15, 0.2) is 0 Å². The molecular weight excluding hydrogens is 270 g/mol. The Labute approximate surface area is 132 Å². The molecule has 3 aromatic rings. The van der Waals surface area contributed by atoms with E-state index in [1.54, 1.807) is 0 Å². The topological polar surface area (TPSA) is 16.4 Å². The van der Waals surface area contributed by atoms with Crippen molar-refractivity contribution in [3.63, 3.8) is 0 Å². The first-order valence-corrected chi connectivity index (χ1v) is 8.11. The van der Waals surface area contributed by atoms with Crippen LogP contribution >= 0.6 is 0 Å². The first-order chi connectivity index (χ1) is 10.8. The summed E-state index contributed by atoms with van der Waals surface area (Å²) < 4.78 is 6.04. The van der Waals surface area contributed by atoms with Crippen LogP contribution in [0.5, 0.6) is 0 Å². The SMILES string of the molecule is CCN(CC)c1ccc2cc(CCc3ccccc3)oc2c1. The molecule has 0 saturated carbocycles. The second-order valence-corrected chi connectivity index (χ2v) is 5.59. The molecule has 0 saturated heterocycles. The molecule has 0 spiro atoms. The van der Waals surface area contributed by atoms with Gasteiger partial charge in [0.2, 0.25) is 0 Å². The molecule has 0 aliphatic heterocycles. The van der Waals surface area contributed by atoms with Crippen LogP contribution in [0.2, 0.25) is 0 Å². The summed E-state index contributed by atoms with van der Waals surface area (Å²) in [5.41, 5.74) is 3.58. The van der Waals surface area contributed by atoms with Crippen molar-refractivity contribution in [3.05, 3.63) is 65.9 Å². The standard InChI is InChI=1S/C20H23NO/c1-3-21(4-2)18-12-11-17-14-19(22-20(17)15-18)13-10-16-8-6-5-7-9-16/h5-9,11-12,14-15H,3-4,10,13H2,1-2H3. The van der Waals surface area contributed by atoms with E-state index in [1.807, 2.05) is 0 Å². The fourth-order valence-corrected chi connectivity index (χ4v) is 2.90. The van der Waals surface area contributed by atoms with E-state index in [0.29, 0.717) is 0 Å². The van der Waals surface area contributed by atoms with Crippen LogP contribution in [0.4, 0.5) is 5.69 Å². The Morgan fingerprint density at radius 1 is 0.864 bits per heavy atom. The van der Waals surface area contributed by atoms with Crippen LogP contribution in [0.3, 0.4) is 0 Å². The van der Waals surface area contributed by atoms with Gasteiger partial charge in [0.1, 0.15) is 11.3 Å². The number of rotatable bonds is 6. The molecule has 0 amide bonds. The zero-order valence-corrected chi connectivity index (χ0v) is 13.4. The van der Waals surface area contributed by atoms with Gasteiger partial charge in [0.05, 0.1) is 0 Å². The number of hydrogen-bond donors (Lipinski definition) is 0. The zero-order chi connectivity index (χ0) is 15.4. The lowest BCUT2D eigenvalue weighted by Crippen LogP contribution is -2.21. The summed E-state index contributed by atoms with van der Waals surface area (Å²) in [6.07, 6.45) is 1.96. The number of nitrogens with zero attached hydrogens (tertiary/aromatic N) is 1. The van der Waals surface area contributed by atoms with Crippen molar-refractivity contribution < 1.29 is 4.42 Å². The molecule has 2 aromatic carbocycles. The summed E-state index contributed by atoms with van der Waals surface area (Å²) in [6, 6.07) is 19.2. The van der Waals surface area contributed by atoms with Gasteiger partial charge in [-0.2, -0.15) is 0 Å². The van der Waals surface area contributed by atoms with E-state index in [-0.39, 0.29) is 0 Å². The van der Waals surface area contributed by atoms with E-state index in [0.717, 1.165) is 37.3 Å². The molecule has 0 aliphatic rings. The number of fused-ring (bicyclic) bond motifs is 1. The minimum absolute atomic E-state index is 0.944. The number of aryl methyl sites for hydroxylation is 2. The van der Waals surface area contributed by atoms with Crippen molar-refractivity contribution in [2.75, 3.05) is 18.0 Å². The highest BCUT2D eigenvalue weighted by atomic mass is 16.3. The number of anilines is 1. The Morgan fingerprint density at radius 2 is 1.64 bits per heavy atom. The van der Waals surface area contributed by atoms with Crippen molar-refractivity contribution in [3.8, 4) is 0 Å². The van der Waals surface area contributed by atoms with E-state index >= 15 is 0 Å². The van der Waals surface area contributed by atoms with Crippen LogP contribution in [0, 0.1) is 0 Å². The molecule has 0 fully saturated rings. The summed E-state index contributed by atoms with van der Waals surface area (Å²) in [6.45, 7) is 6.40. The van der Waals surface area contributed by atoms with Crippen LogP contribution in [-0.4, -0.2) is 13.1 Å². The Kier molecular flexibility index (Phi) is 4.47. The van der Waals surface area contributed by atoms with Gasteiger partial charge in [-0.3, -0.25) is 0 Å². The molecule has 114 valence electrons. The number of hydrogen-bond acceptors (Lipinski definition) is 2. The van der Waals surface area contributed by atoms with E-state index in [1.165, 1.54) is 16.6 Å². The summed E-state index contributed by atoms with van der Waals surface area (Å²) >= 11 is 0. The Hall–Kier alpha value is -2.22. The minimum atomic E-state index is 0.944. The highest BCUT2D eigenvalue weighted by molar-refractivity contribution is 5.81. The van der Waals surface area contributed by atoms with Crippen LogP contribution in [0.1, 0.15) is 25.2 Å². The van der Waals surface area contributed by atoms with Crippen molar-refractivity contribution in [1.82, 2.24) is 0 Å². The Balaban J connectivity index is 1.78. The summed E-state index contributed by atoms with van der Waals surface area (Å²) in [4.78, 5) is 2.34. The molecule has 2 heteroatoms. The molecular formula is C20H23NO. The Bertz CT molecular complexity index is 726. The first kappa shape index (κ1) is 14.7.